The number of hydrogen-bond donors (Lipinski definition) is 1. The minimum atomic E-state index is -0.305. The first kappa shape index (κ1) is 16.6. The van der Waals surface area contributed by atoms with Crippen LogP contribution in [0.3, 0.4) is 0 Å². The van der Waals surface area contributed by atoms with Crippen molar-refractivity contribution in [2.45, 2.75) is 32.4 Å². The molecule has 5 nitrogen and oxygen atoms in total. The topological polar surface area (TPSA) is 59.7 Å². The maximum absolute atomic E-state index is 9.71. The van der Waals surface area contributed by atoms with Crippen molar-refractivity contribution in [1.82, 2.24) is 9.80 Å². The molecule has 1 aromatic rings. The second-order valence-corrected chi connectivity index (χ2v) is 5.84. The first-order chi connectivity index (χ1) is 10.6. The van der Waals surface area contributed by atoms with E-state index in [0.29, 0.717) is 11.8 Å². The zero-order valence-electron chi connectivity index (χ0n) is 13.6. The van der Waals surface area contributed by atoms with E-state index in [1.54, 1.807) is 18.2 Å². The van der Waals surface area contributed by atoms with Gasteiger partial charge in [-0.2, -0.15) is 5.26 Å². The summed E-state index contributed by atoms with van der Waals surface area (Å²) in [5.74, 6) is 0.513. The van der Waals surface area contributed by atoms with E-state index in [-0.39, 0.29) is 11.8 Å². The number of ether oxygens (including phenoxy) is 1. The second-order valence-electron chi connectivity index (χ2n) is 5.84. The van der Waals surface area contributed by atoms with E-state index in [9.17, 15) is 10.4 Å². The van der Waals surface area contributed by atoms with E-state index in [1.165, 1.54) is 7.11 Å². The van der Waals surface area contributed by atoms with Crippen molar-refractivity contribution in [1.29, 1.82) is 5.26 Å². The molecule has 0 spiro atoms. The number of phenolic OH excluding ortho intramolecular Hbond substituents is 1. The molecule has 22 heavy (non-hydrogen) atoms. The third kappa shape index (κ3) is 3.52. The van der Waals surface area contributed by atoms with Crippen LogP contribution in [0.2, 0.25) is 0 Å². The molecule has 1 saturated heterocycles. The largest absolute Gasteiger partial charge is 0.504 e. The van der Waals surface area contributed by atoms with Crippen LogP contribution in [0.15, 0.2) is 18.2 Å². The minimum absolute atomic E-state index is 0.101. The number of aromatic hydroxyl groups is 1. The van der Waals surface area contributed by atoms with Gasteiger partial charge >= 0.3 is 0 Å². The second kappa shape index (κ2) is 7.48. The number of methoxy groups -OCH3 is 1. The molecule has 1 N–H and O–H groups in total. The molecule has 1 aliphatic rings. The highest BCUT2D eigenvalue weighted by atomic mass is 16.5. The molecule has 1 heterocycles. The van der Waals surface area contributed by atoms with Gasteiger partial charge in [0.25, 0.3) is 0 Å². The van der Waals surface area contributed by atoms with E-state index >= 15 is 0 Å². The van der Waals surface area contributed by atoms with Crippen LogP contribution in [0, 0.1) is 11.3 Å². The number of nitriles is 1. The Labute approximate surface area is 132 Å². The number of piperazine rings is 1. The van der Waals surface area contributed by atoms with Gasteiger partial charge < -0.3 is 9.84 Å². The first-order valence-electron chi connectivity index (χ1n) is 7.85. The summed E-state index contributed by atoms with van der Waals surface area (Å²) in [4.78, 5) is 4.69. The molecule has 1 aliphatic heterocycles. The summed E-state index contributed by atoms with van der Waals surface area (Å²) in [6, 6.07) is 7.69. The van der Waals surface area contributed by atoms with Gasteiger partial charge in [0, 0.05) is 25.7 Å². The summed E-state index contributed by atoms with van der Waals surface area (Å²) in [6.45, 7) is 8.27. The molecule has 2 unspecified atom stereocenters. The highest BCUT2D eigenvalue weighted by Gasteiger charge is 2.29. The van der Waals surface area contributed by atoms with Crippen LogP contribution in [0.1, 0.15) is 31.9 Å². The molecule has 0 bridgehead atoms. The summed E-state index contributed by atoms with van der Waals surface area (Å²) in [6.07, 6.45) is 1.15. The molecule has 0 aromatic heterocycles. The smallest absolute Gasteiger partial charge is 0.160 e. The summed E-state index contributed by atoms with van der Waals surface area (Å²) in [5, 5.41) is 19.3. The van der Waals surface area contributed by atoms with Crippen LogP contribution in [-0.4, -0.2) is 54.2 Å². The van der Waals surface area contributed by atoms with Gasteiger partial charge in [0.2, 0.25) is 0 Å². The van der Waals surface area contributed by atoms with Crippen molar-refractivity contribution in [2.75, 3.05) is 33.3 Å². The molecule has 1 fully saturated rings. The first-order valence-corrected chi connectivity index (χ1v) is 7.85. The molecule has 0 saturated carbocycles. The SMILES string of the molecule is CCCN1CCN(C(C#N)c2ccc(O)c(OC)c2)CC1C. The summed E-state index contributed by atoms with van der Waals surface area (Å²) in [7, 11) is 1.52. The highest BCUT2D eigenvalue weighted by Crippen LogP contribution is 2.31. The van der Waals surface area contributed by atoms with Crippen LogP contribution < -0.4 is 4.74 Å². The van der Waals surface area contributed by atoms with Crippen LogP contribution >= 0.6 is 0 Å². The number of rotatable bonds is 5. The Morgan fingerprint density at radius 1 is 1.45 bits per heavy atom. The molecular formula is C17H25N3O2. The van der Waals surface area contributed by atoms with Gasteiger partial charge in [0.05, 0.1) is 13.2 Å². The van der Waals surface area contributed by atoms with Gasteiger partial charge in [-0.15, -0.1) is 0 Å². The maximum atomic E-state index is 9.71. The van der Waals surface area contributed by atoms with Crippen LogP contribution in [-0.2, 0) is 0 Å². The van der Waals surface area contributed by atoms with Crippen molar-refractivity contribution in [3.63, 3.8) is 0 Å². The van der Waals surface area contributed by atoms with Crippen LogP contribution in [0.25, 0.3) is 0 Å². The Morgan fingerprint density at radius 3 is 2.82 bits per heavy atom. The van der Waals surface area contributed by atoms with Gasteiger partial charge in [-0.1, -0.05) is 13.0 Å². The monoisotopic (exact) mass is 303 g/mol. The lowest BCUT2D eigenvalue weighted by Gasteiger charge is -2.41. The molecular weight excluding hydrogens is 278 g/mol. The summed E-state index contributed by atoms with van der Waals surface area (Å²) >= 11 is 0. The predicted molar refractivity (Wildman–Crippen MR) is 85.9 cm³/mol. The van der Waals surface area contributed by atoms with Crippen molar-refractivity contribution in [2.24, 2.45) is 0 Å². The number of hydrogen-bond acceptors (Lipinski definition) is 5. The Balaban J connectivity index is 2.14. The quantitative estimate of drug-likeness (QED) is 0.905. The Hall–Kier alpha value is -1.77. The van der Waals surface area contributed by atoms with Crippen molar-refractivity contribution in [3.8, 4) is 17.6 Å². The number of phenols is 1. The number of nitrogens with zero attached hydrogens (tertiary/aromatic N) is 3. The predicted octanol–water partition coefficient (Wildman–Crippen LogP) is 2.38. The standard InChI is InChI=1S/C17H25N3O2/c1-4-7-19-8-9-20(12-13(19)2)15(11-18)14-5-6-16(21)17(10-14)22-3/h5-6,10,13,15,21H,4,7-9,12H2,1-3H3. The van der Waals surface area contributed by atoms with E-state index in [4.69, 9.17) is 4.74 Å². The van der Waals surface area contributed by atoms with E-state index in [1.807, 2.05) is 0 Å². The van der Waals surface area contributed by atoms with Gasteiger partial charge in [-0.3, -0.25) is 9.80 Å². The maximum Gasteiger partial charge on any atom is 0.160 e. The fourth-order valence-corrected chi connectivity index (χ4v) is 3.11. The van der Waals surface area contributed by atoms with Gasteiger partial charge in [-0.05, 0) is 37.6 Å². The molecule has 120 valence electrons. The van der Waals surface area contributed by atoms with E-state index in [2.05, 4.69) is 29.7 Å². The van der Waals surface area contributed by atoms with Gasteiger partial charge in [-0.25, -0.2) is 0 Å². The Kier molecular flexibility index (Phi) is 5.64. The van der Waals surface area contributed by atoms with E-state index in [0.717, 1.165) is 38.2 Å². The Morgan fingerprint density at radius 2 is 2.23 bits per heavy atom. The molecule has 5 heteroatoms. The average molecular weight is 303 g/mol. The summed E-state index contributed by atoms with van der Waals surface area (Å²) in [5.41, 5.74) is 0.869. The van der Waals surface area contributed by atoms with E-state index < -0.39 is 0 Å². The van der Waals surface area contributed by atoms with Crippen molar-refractivity contribution >= 4 is 0 Å². The number of benzene rings is 1. The molecule has 0 radical (unpaired) electrons. The molecule has 1 aromatic carbocycles. The van der Waals surface area contributed by atoms with Gasteiger partial charge in [0.1, 0.15) is 6.04 Å². The summed E-state index contributed by atoms with van der Waals surface area (Å²) < 4.78 is 5.15. The van der Waals surface area contributed by atoms with Crippen LogP contribution in [0.4, 0.5) is 0 Å². The molecule has 0 amide bonds. The lowest BCUT2D eigenvalue weighted by molar-refractivity contribution is 0.0690. The average Bonchev–Trinajstić information content (AvgIpc) is 2.52. The zero-order chi connectivity index (χ0) is 16.1. The molecule has 2 rings (SSSR count). The lowest BCUT2D eigenvalue weighted by atomic mass is 10.0. The minimum Gasteiger partial charge on any atom is -0.504 e. The fraction of sp³-hybridized carbons (Fsp3) is 0.588. The fourth-order valence-electron chi connectivity index (χ4n) is 3.11. The normalized spacial score (nSPS) is 21.3. The highest BCUT2D eigenvalue weighted by molar-refractivity contribution is 5.43. The van der Waals surface area contributed by atoms with Crippen LogP contribution in [0.5, 0.6) is 11.5 Å². The Bertz CT molecular complexity index is 541. The molecule has 0 aliphatic carbocycles. The zero-order valence-corrected chi connectivity index (χ0v) is 13.6. The third-order valence-corrected chi connectivity index (χ3v) is 4.31. The third-order valence-electron chi connectivity index (χ3n) is 4.31. The van der Waals surface area contributed by atoms with Crippen molar-refractivity contribution < 1.29 is 9.84 Å². The van der Waals surface area contributed by atoms with Crippen molar-refractivity contribution in [3.05, 3.63) is 23.8 Å². The van der Waals surface area contributed by atoms with Gasteiger partial charge in [0.15, 0.2) is 11.5 Å². The molecule has 2 atom stereocenters. The lowest BCUT2D eigenvalue weighted by Crippen LogP contribution is -2.52.